The molecular weight excluding hydrogens is 405 g/mol. The minimum Gasteiger partial charge on any atom is -0.342 e. The molecule has 0 aliphatic rings. The fourth-order valence-corrected chi connectivity index (χ4v) is 3.70. The van der Waals surface area contributed by atoms with E-state index in [9.17, 15) is 4.79 Å². The van der Waals surface area contributed by atoms with E-state index in [0.717, 1.165) is 22.4 Å². The van der Waals surface area contributed by atoms with Crippen LogP contribution in [0.4, 0.5) is 0 Å². The molecule has 29 heavy (non-hydrogen) atoms. The van der Waals surface area contributed by atoms with E-state index in [1.807, 2.05) is 55.5 Å². The van der Waals surface area contributed by atoms with Gasteiger partial charge in [-0.05, 0) is 48.9 Å². The Morgan fingerprint density at radius 1 is 1.00 bits per heavy atom. The molecule has 1 heterocycles. The van der Waals surface area contributed by atoms with Crippen molar-refractivity contribution in [3.63, 3.8) is 0 Å². The number of rotatable bonds is 5. The van der Waals surface area contributed by atoms with Crippen molar-refractivity contribution in [2.45, 2.75) is 19.5 Å². The predicted molar refractivity (Wildman–Crippen MR) is 118 cm³/mol. The van der Waals surface area contributed by atoms with E-state index in [4.69, 9.17) is 28.2 Å². The van der Waals surface area contributed by atoms with Gasteiger partial charge >= 0.3 is 0 Å². The van der Waals surface area contributed by atoms with E-state index in [-0.39, 0.29) is 11.9 Å². The Morgan fingerprint density at radius 2 is 1.69 bits per heavy atom. The summed E-state index contributed by atoms with van der Waals surface area (Å²) in [5.41, 5.74) is 3.44. The third kappa shape index (κ3) is 4.14. The molecule has 0 radical (unpaired) electrons. The molecule has 4 aromatic rings. The van der Waals surface area contributed by atoms with Crippen LogP contribution in [0.5, 0.6) is 0 Å². The molecule has 146 valence electrons. The molecule has 0 bridgehead atoms. The van der Waals surface area contributed by atoms with Crippen LogP contribution in [0.2, 0.25) is 10.0 Å². The van der Waals surface area contributed by atoms with Crippen molar-refractivity contribution < 1.29 is 4.79 Å². The summed E-state index contributed by atoms with van der Waals surface area (Å²) in [6.07, 6.45) is 0. The van der Waals surface area contributed by atoms with Crippen molar-refractivity contribution in [1.29, 1.82) is 0 Å². The van der Waals surface area contributed by atoms with Crippen molar-refractivity contribution in [3.8, 4) is 0 Å². The molecule has 3 aromatic carbocycles. The van der Waals surface area contributed by atoms with Gasteiger partial charge in [-0.1, -0.05) is 59.6 Å². The Morgan fingerprint density at radius 3 is 2.45 bits per heavy atom. The lowest BCUT2D eigenvalue weighted by Crippen LogP contribution is -2.29. The lowest BCUT2D eigenvalue weighted by Gasteiger charge is -2.17. The van der Waals surface area contributed by atoms with Crippen molar-refractivity contribution >= 4 is 40.1 Å². The summed E-state index contributed by atoms with van der Waals surface area (Å²) in [6, 6.07) is 22.4. The van der Waals surface area contributed by atoms with E-state index in [1.54, 1.807) is 24.3 Å². The molecule has 0 fully saturated rings. The second kappa shape index (κ2) is 8.27. The zero-order valence-corrected chi connectivity index (χ0v) is 17.3. The monoisotopic (exact) mass is 423 g/mol. The summed E-state index contributed by atoms with van der Waals surface area (Å²) in [5.74, 6) is 0.551. The van der Waals surface area contributed by atoms with E-state index >= 15 is 0 Å². The number of carbonyl (C=O) groups is 1. The Hall–Kier alpha value is -2.82. The highest BCUT2D eigenvalue weighted by Gasteiger charge is 2.20. The second-order valence-corrected chi connectivity index (χ2v) is 7.69. The molecule has 1 N–H and O–H groups in total. The highest BCUT2D eigenvalue weighted by atomic mass is 35.5. The Bertz CT molecular complexity index is 1170. The number of hydrogen-bond acceptors (Lipinski definition) is 2. The van der Waals surface area contributed by atoms with Gasteiger partial charge in [0.15, 0.2) is 0 Å². The van der Waals surface area contributed by atoms with Gasteiger partial charge in [-0.3, -0.25) is 4.79 Å². The first-order valence-electron chi connectivity index (χ1n) is 9.28. The van der Waals surface area contributed by atoms with Gasteiger partial charge in [0.05, 0.1) is 27.7 Å². The lowest BCUT2D eigenvalue weighted by molar-refractivity contribution is 0.0938. The fraction of sp³-hybridized carbons (Fsp3) is 0.130. The molecule has 1 aromatic heterocycles. The SMILES string of the molecule is CC(NC(=O)c1ccccc1Cl)c1nc2ccccc2n1Cc1ccc(Cl)cc1. The maximum Gasteiger partial charge on any atom is 0.253 e. The van der Waals surface area contributed by atoms with Crippen LogP contribution < -0.4 is 5.32 Å². The molecule has 6 heteroatoms. The van der Waals surface area contributed by atoms with E-state index in [0.29, 0.717) is 22.2 Å². The zero-order valence-electron chi connectivity index (χ0n) is 15.8. The van der Waals surface area contributed by atoms with E-state index < -0.39 is 0 Å². The largest absolute Gasteiger partial charge is 0.342 e. The van der Waals surface area contributed by atoms with Gasteiger partial charge in [-0.25, -0.2) is 4.98 Å². The van der Waals surface area contributed by atoms with Crippen LogP contribution in [0.1, 0.15) is 34.7 Å². The van der Waals surface area contributed by atoms with Crippen LogP contribution in [0.25, 0.3) is 11.0 Å². The summed E-state index contributed by atoms with van der Waals surface area (Å²) < 4.78 is 2.12. The fourth-order valence-electron chi connectivity index (χ4n) is 3.35. The van der Waals surface area contributed by atoms with Gasteiger partial charge in [0.1, 0.15) is 5.82 Å². The molecule has 4 rings (SSSR count). The van der Waals surface area contributed by atoms with Gasteiger partial charge in [0, 0.05) is 11.6 Å². The number of imidazole rings is 1. The second-order valence-electron chi connectivity index (χ2n) is 6.85. The lowest BCUT2D eigenvalue weighted by atomic mass is 10.2. The van der Waals surface area contributed by atoms with Gasteiger partial charge in [-0.2, -0.15) is 0 Å². The van der Waals surface area contributed by atoms with Crippen LogP contribution in [0.3, 0.4) is 0 Å². The summed E-state index contributed by atoms with van der Waals surface area (Å²) >= 11 is 12.2. The molecule has 1 atom stereocenters. The van der Waals surface area contributed by atoms with Crippen molar-refractivity contribution in [3.05, 3.63) is 99.8 Å². The number of benzene rings is 3. The molecule has 0 saturated heterocycles. The number of halogens is 2. The molecule has 1 unspecified atom stereocenters. The molecule has 4 nitrogen and oxygen atoms in total. The van der Waals surface area contributed by atoms with Gasteiger partial charge < -0.3 is 9.88 Å². The highest BCUT2D eigenvalue weighted by molar-refractivity contribution is 6.33. The summed E-state index contributed by atoms with van der Waals surface area (Å²) in [7, 11) is 0. The minimum absolute atomic E-state index is 0.229. The standard InChI is InChI=1S/C23H19Cl2N3O/c1-15(26-23(29)18-6-2-3-7-19(18)25)22-27-20-8-4-5-9-21(20)28(22)14-16-10-12-17(24)13-11-16/h2-13,15H,14H2,1H3,(H,26,29). The van der Waals surface area contributed by atoms with Gasteiger partial charge in [-0.15, -0.1) is 0 Å². The van der Waals surface area contributed by atoms with E-state index in [2.05, 4.69) is 9.88 Å². The van der Waals surface area contributed by atoms with E-state index in [1.165, 1.54) is 0 Å². The number of amides is 1. The van der Waals surface area contributed by atoms with Crippen molar-refractivity contribution in [2.75, 3.05) is 0 Å². The van der Waals surface area contributed by atoms with Gasteiger partial charge in [0.25, 0.3) is 5.91 Å². The number of fused-ring (bicyclic) bond motifs is 1. The smallest absolute Gasteiger partial charge is 0.253 e. The Kier molecular flexibility index (Phi) is 5.56. The maximum absolute atomic E-state index is 12.7. The topological polar surface area (TPSA) is 46.9 Å². The van der Waals surface area contributed by atoms with Crippen LogP contribution in [-0.4, -0.2) is 15.5 Å². The molecular formula is C23H19Cl2N3O. The summed E-state index contributed by atoms with van der Waals surface area (Å²) in [4.78, 5) is 17.5. The average Bonchev–Trinajstić information content (AvgIpc) is 3.08. The first kappa shape index (κ1) is 19.5. The Balaban J connectivity index is 1.68. The predicted octanol–water partition coefficient (Wildman–Crippen LogP) is 5.88. The molecule has 0 saturated carbocycles. The van der Waals surface area contributed by atoms with Crippen LogP contribution in [0, 0.1) is 0 Å². The first-order chi connectivity index (χ1) is 14.0. The van der Waals surface area contributed by atoms with Crippen LogP contribution in [0.15, 0.2) is 72.8 Å². The minimum atomic E-state index is -0.307. The molecule has 0 aliphatic carbocycles. The first-order valence-corrected chi connectivity index (χ1v) is 10.0. The number of aromatic nitrogens is 2. The highest BCUT2D eigenvalue weighted by Crippen LogP contribution is 2.24. The van der Waals surface area contributed by atoms with Gasteiger partial charge in [0.2, 0.25) is 0 Å². The van der Waals surface area contributed by atoms with Crippen molar-refractivity contribution in [1.82, 2.24) is 14.9 Å². The third-order valence-electron chi connectivity index (χ3n) is 4.79. The molecule has 0 aliphatic heterocycles. The van der Waals surface area contributed by atoms with Crippen LogP contribution in [-0.2, 0) is 6.54 Å². The number of nitrogens with zero attached hydrogens (tertiary/aromatic N) is 2. The van der Waals surface area contributed by atoms with Crippen LogP contribution >= 0.6 is 23.2 Å². The quantitative estimate of drug-likeness (QED) is 0.435. The number of hydrogen-bond donors (Lipinski definition) is 1. The molecule has 0 spiro atoms. The summed E-state index contributed by atoms with van der Waals surface area (Å²) in [6.45, 7) is 2.55. The normalized spacial score (nSPS) is 12.1. The zero-order chi connectivity index (χ0) is 20.4. The molecule has 1 amide bonds. The number of carbonyl (C=O) groups excluding carboxylic acids is 1. The Labute approximate surface area is 179 Å². The number of para-hydroxylation sites is 2. The van der Waals surface area contributed by atoms with Crippen molar-refractivity contribution in [2.24, 2.45) is 0 Å². The average molecular weight is 424 g/mol. The maximum atomic E-state index is 12.7. The number of nitrogens with one attached hydrogen (secondary N) is 1. The third-order valence-corrected chi connectivity index (χ3v) is 5.37. The summed E-state index contributed by atoms with van der Waals surface area (Å²) in [5, 5.41) is 4.14.